The summed E-state index contributed by atoms with van der Waals surface area (Å²) in [7, 11) is 0. The van der Waals surface area contributed by atoms with Gasteiger partial charge in [0.2, 0.25) is 0 Å². The van der Waals surface area contributed by atoms with Crippen molar-refractivity contribution in [1.29, 1.82) is 0 Å². The van der Waals surface area contributed by atoms with Gasteiger partial charge in [0.15, 0.2) is 0 Å². The van der Waals surface area contributed by atoms with E-state index < -0.39 is 0 Å². The van der Waals surface area contributed by atoms with Crippen molar-refractivity contribution in [3.8, 4) is 0 Å². The average Bonchev–Trinajstić information content (AvgIpc) is 2.29. The van der Waals surface area contributed by atoms with Crippen LogP contribution in [0.5, 0.6) is 0 Å². The Morgan fingerprint density at radius 2 is 1.93 bits per heavy atom. The summed E-state index contributed by atoms with van der Waals surface area (Å²) in [5, 5.41) is 0. The van der Waals surface area contributed by atoms with E-state index in [0.29, 0.717) is 0 Å². The van der Waals surface area contributed by atoms with E-state index in [4.69, 9.17) is 4.74 Å². The lowest BCUT2D eigenvalue weighted by molar-refractivity contribution is 0.297. The Bertz CT molecular complexity index is 326. The van der Waals surface area contributed by atoms with E-state index in [2.05, 4.69) is 44.2 Å². The second kappa shape index (κ2) is 6.28. The van der Waals surface area contributed by atoms with E-state index in [-0.39, 0.29) is 0 Å². The minimum absolute atomic E-state index is 0.726. The molecule has 0 aromatic heterocycles. The molecule has 15 heavy (non-hydrogen) atoms. The van der Waals surface area contributed by atoms with E-state index in [1.165, 1.54) is 11.1 Å². The summed E-state index contributed by atoms with van der Waals surface area (Å²) < 4.78 is 5.67. The fraction of sp³-hybridized carbons (Fsp3) is 0.429. The molecule has 1 heteroatoms. The molecule has 0 atom stereocenters. The maximum atomic E-state index is 5.67. The molecule has 1 aromatic rings. The largest absolute Gasteiger partial charge is 0.494 e. The smallest absolute Gasteiger partial charge is 0.122 e. The van der Waals surface area contributed by atoms with Crippen LogP contribution in [-0.4, -0.2) is 6.61 Å². The Labute approximate surface area is 92.8 Å². The molecular weight excluding hydrogens is 184 g/mol. The number of allylic oxidation sites excluding steroid dienone is 1. The first kappa shape index (κ1) is 11.8. The van der Waals surface area contributed by atoms with Gasteiger partial charge >= 0.3 is 0 Å². The van der Waals surface area contributed by atoms with Crippen LogP contribution < -0.4 is 0 Å². The predicted octanol–water partition coefficient (Wildman–Crippen LogP) is 4.04. The Morgan fingerprint density at radius 1 is 1.20 bits per heavy atom. The van der Waals surface area contributed by atoms with Crippen LogP contribution in [0.15, 0.2) is 30.3 Å². The Morgan fingerprint density at radius 3 is 2.53 bits per heavy atom. The van der Waals surface area contributed by atoms with Crippen molar-refractivity contribution < 1.29 is 4.74 Å². The van der Waals surface area contributed by atoms with Gasteiger partial charge in [-0.3, -0.25) is 0 Å². The minimum Gasteiger partial charge on any atom is -0.494 e. The third-order valence-corrected chi connectivity index (χ3v) is 2.35. The molecule has 0 heterocycles. The molecule has 0 aliphatic carbocycles. The molecule has 1 rings (SSSR count). The van der Waals surface area contributed by atoms with Gasteiger partial charge in [-0.15, -0.1) is 0 Å². The van der Waals surface area contributed by atoms with Crippen LogP contribution in [0.3, 0.4) is 0 Å². The first-order valence-corrected chi connectivity index (χ1v) is 5.74. The van der Waals surface area contributed by atoms with Crippen molar-refractivity contribution in [3.05, 3.63) is 41.5 Å². The third-order valence-electron chi connectivity index (χ3n) is 2.35. The number of ether oxygens (including phenoxy) is 1. The summed E-state index contributed by atoms with van der Waals surface area (Å²) in [6.07, 6.45) is 4.20. The third kappa shape index (κ3) is 3.12. The summed E-state index contributed by atoms with van der Waals surface area (Å²) in [6, 6.07) is 8.45. The molecule has 0 saturated heterocycles. The molecule has 1 nitrogen and oxygen atoms in total. The second-order valence-corrected chi connectivity index (χ2v) is 3.42. The van der Waals surface area contributed by atoms with Gasteiger partial charge in [0, 0.05) is 5.56 Å². The SMILES string of the molecule is CCC=C(OCC)c1ccccc1CC. The molecule has 0 fully saturated rings. The maximum absolute atomic E-state index is 5.67. The van der Waals surface area contributed by atoms with Crippen molar-refractivity contribution in [1.82, 2.24) is 0 Å². The highest BCUT2D eigenvalue weighted by molar-refractivity contribution is 5.63. The highest BCUT2D eigenvalue weighted by Gasteiger charge is 2.05. The lowest BCUT2D eigenvalue weighted by Gasteiger charge is -2.12. The molecule has 0 bridgehead atoms. The molecule has 82 valence electrons. The normalized spacial score (nSPS) is 11.5. The average molecular weight is 204 g/mol. The predicted molar refractivity (Wildman–Crippen MR) is 65.7 cm³/mol. The van der Waals surface area contributed by atoms with Crippen LogP contribution in [0.1, 0.15) is 38.3 Å². The summed E-state index contributed by atoms with van der Waals surface area (Å²) >= 11 is 0. The number of aryl methyl sites for hydroxylation is 1. The quantitative estimate of drug-likeness (QED) is 0.658. The molecule has 0 aliphatic rings. The molecule has 0 saturated carbocycles. The Balaban J connectivity index is 3.04. The van der Waals surface area contributed by atoms with E-state index in [1.54, 1.807) is 0 Å². The van der Waals surface area contributed by atoms with Gasteiger partial charge in [0.25, 0.3) is 0 Å². The van der Waals surface area contributed by atoms with Crippen LogP contribution in [0.2, 0.25) is 0 Å². The molecule has 1 aromatic carbocycles. The van der Waals surface area contributed by atoms with Crippen LogP contribution in [-0.2, 0) is 11.2 Å². The molecular formula is C14H20O. The van der Waals surface area contributed by atoms with Crippen molar-refractivity contribution in [2.24, 2.45) is 0 Å². The second-order valence-electron chi connectivity index (χ2n) is 3.42. The zero-order valence-electron chi connectivity index (χ0n) is 9.92. The zero-order valence-corrected chi connectivity index (χ0v) is 9.92. The molecule has 0 N–H and O–H groups in total. The fourth-order valence-corrected chi connectivity index (χ4v) is 1.66. The first-order chi connectivity index (χ1) is 7.33. The standard InChI is InChI=1S/C14H20O/c1-4-9-14(15-6-3)13-11-8-7-10-12(13)5-2/h7-11H,4-6H2,1-3H3. The van der Waals surface area contributed by atoms with Gasteiger partial charge in [-0.25, -0.2) is 0 Å². The Hall–Kier alpha value is -1.24. The highest BCUT2D eigenvalue weighted by Crippen LogP contribution is 2.21. The molecule has 0 spiro atoms. The number of hydrogen-bond donors (Lipinski definition) is 0. The lowest BCUT2D eigenvalue weighted by atomic mass is 10.0. The summed E-state index contributed by atoms with van der Waals surface area (Å²) in [4.78, 5) is 0. The van der Waals surface area contributed by atoms with Gasteiger partial charge in [0.1, 0.15) is 5.76 Å². The van der Waals surface area contributed by atoms with Crippen LogP contribution in [0.25, 0.3) is 5.76 Å². The van der Waals surface area contributed by atoms with Gasteiger partial charge < -0.3 is 4.74 Å². The van der Waals surface area contributed by atoms with E-state index in [9.17, 15) is 0 Å². The Kier molecular flexibility index (Phi) is 4.96. The monoisotopic (exact) mass is 204 g/mol. The van der Waals surface area contributed by atoms with E-state index in [0.717, 1.165) is 25.2 Å². The first-order valence-electron chi connectivity index (χ1n) is 5.74. The molecule has 0 aliphatic heterocycles. The molecule has 0 amide bonds. The fourth-order valence-electron chi connectivity index (χ4n) is 1.66. The van der Waals surface area contributed by atoms with Gasteiger partial charge in [0.05, 0.1) is 6.61 Å². The number of benzene rings is 1. The minimum atomic E-state index is 0.726. The van der Waals surface area contributed by atoms with Gasteiger partial charge in [-0.1, -0.05) is 38.1 Å². The van der Waals surface area contributed by atoms with Crippen LogP contribution >= 0.6 is 0 Å². The zero-order chi connectivity index (χ0) is 11.1. The van der Waals surface area contributed by atoms with Gasteiger partial charge in [-0.2, -0.15) is 0 Å². The molecule has 0 unspecified atom stereocenters. The molecule has 0 radical (unpaired) electrons. The topological polar surface area (TPSA) is 9.23 Å². The summed E-state index contributed by atoms with van der Waals surface area (Å²) in [5.41, 5.74) is 2.59. The van der Waals surface area contributed by atoms with E-state index in [1.807, 2.05) is 6.92 Å². The highest BCUT2D eigenvalue weighted by atomic mass is 16.5. The van der Waals surface area contributed by atoms with Crippen molar-refractivity contribution >= 4 is 5.76 Å². The maximum Gasteiger partial charge on any atom is 0.122 e. The number of hydrogen-bond acceptors (Lipinski definition) is 1. The number of rotatable bonds is 5. The van der Waals surface area contributed by atoms with Crippen molar-refractivity contribution in [2.45, 2.75) is 33.6 Å². The summed E-state index contributed by atoms with van der Waals surface area (Å²) in [5.74, 6) is 1.03. The van der Waals surface area contributed by atoms with Crippen LogP contribution in [0.4, 0.5) is 0 Å². The lowest BCUT2D eigenvalue weighted by Crippen LogP contribution is -1.96. The van der Waals surface area contributed by atoms with Crippen molar-refractivity contribution in [2.75, 3.05) is 6.61 Å². The van der Waals surface area contributed by atoms with Crippen LogP contribution in [0, 0.1) is 0 Å². The summed E-state index contributed by atoms with van der Waals surface area (Å²) in [6.45, 7) is 7.06. The van der Waals surface area contributed by atoms with Gasteiger partial charge in [-0.05, 0) is 31.4 Å². The van der Waals surface area contributed by atoms with E-state index >= 15 is 0 Å². The van der Waals surface area contributed by atoms with Crippen molar-refractivity contribution in [3.63, 3.8) is 0 Å².